The third-order valence-electron chi connectivity index (χ3n) is 4.17. The maximum atomic E-state index is 13.0. The molecule has 1 fully saturated rings. The molecule has 0 radical (unpaired) electrons. The smallest absolute Gasteiger partial charge is 0.321 e. The first-order valence-corrected chi connectivity index (χ1v) is 9.44. The fraction of sp³-hybridized carbons (Fsp3) is 0.250. The predicted molar refractivity (Wildman–Crippen MR) is 99.5 cm³/mol. The van der Waals surface area contributed by atoms with Crippen LogP contribution in [0, 0.1) is 17.1 Å². The number of hydrogen-bond donors (Lipinski definition) is 0. The van der Waals surface area contributed by atoms with E-state index in [9.17, 15) is 14.0 Å². The molecule has 7 heteroatoms. The van der Waals surface area contributed by atoms with Crippen LogP contribution in [0.4, 0.5) is 4.39 Å². The van der Waals surface area contributed by atoms with Gasteiger partial charge in [0.2, 0.25) is 0 Å². The van der Waals surface area contributed by atoms with Crippen LogP contribution in [-0.2, 0) is 16.1 Å². The van der Waals surface area contributed by atoms with E-state index in [-0.39, 0.29) is 25.0 Å². The van der Waals surface area contributed by atoms with Crippen LogP contribution < -0.4 is 0 Å². The molecule has 2 aromatic carbocycles. The van der Waals surface area contributed by atoms with Crippen LogP contribution in [0.2, 0.25) is 0 Å². The number of thioether (sulfide) groups is 1. The van der Waals surface area contributed by atoms with E-state index in [2.05, 4.69) is 0 Å². The molecule has 0 aromatic heterocycles. The average Bonchev–Trinajstić information content (AvgIpc) is 2.72. The number of carbonyl (C=O) groups excluding carboxylic acids is 2. The summed E-state index contributed by atoms with van der Waals surface area (Å²) in [4.78, 5) is 26.5. The molecule has 2 aromatic rings. The number of nitrogens with zero attached hydrogens (tertiary/aromatic N) is 2. The van der Waals surface area contributed by atoms with Gasteiger partial charge in [-0.25, -0.2) is 4.39 Å². The summed E-state index contributed by atoms with van der Waals surface area (Å²) in [6.07, 6.45) is 0. The van der Waals surface area contributed by atoms with E-state index in [1.807, 2.05) is 6.07 Å². The lowest BCUT2D eigenvalue weighted by atomic mass is 10.1. The van der Waals surface area contributed by atoms with Crippen molar-refractivity contribution in [2.45, 2.75) is 11.9 Å². The topological polar surface area (TPSA) is 70.4 Å². The highest BCUT2D eigenvalue weighted by molar-refractivity contribution is 8.00. The first-order chi connectivity index (χ1) is 13.1. The number of rotatable bonds is 4. The Bertz CT molecular complexity index is 862. The van der Waals surface area contributed by atoms with Crippen LogP contribution in [0.1, 0.15) is 21.5 Å². The molecule has 0 bridgehead atoms. The standard InChI is InChI=1S/C20H17FN2O3S/c21-17-7-5-16(6-8-17)19(24)23-9-10-27-18(12-23)20(25)26-13-15-3-1-14(11-22)2-4-15/h1-8,18H,9-10,12-13H2. The summed E-state index contributed by atoms with van der Waals surface area (Å²) < 4.78 is 18.4. The van der Waals surface area contributed by atoms with Crippen molar-refractivity contribution in [3.05, 3.63) is 71.0 Å². The van der Waals surface area contributed by atoms with E-state index >= 15 is 0 Å². The molecule has 0 spiro atoms. The SMILES string of the molecule is N#Cc1ccc(COC(=O)C2CN(C(=O)c3ccc(F)cc3)CCS2)cc1. The summed E-state index contributed by atoms with van der Waals surface area (Å²) in [6, 6.07) is 14.2. The second-order valence-electron chi connectivity index (χ2n) is 6.03. The molecule has 1 aliphatic heterocycles. The maximum absolute atomic E-state index is 13.0. The molecular weight excluding hydrogens is 367 g/mol. The molecule has 1 heterocycles. The molecule has 1 atom stereocenters. The van der Waals surface area contributed by atoms with Gasteiger partial charge in [0.15, 0.2) is 0 Å². The summed E-state index contributed by atoms with van der Waals surface area (Å²) in [5.74, 6) is -0.366. The van der Waals surface area contributed by atoms with Gasteiger partial charge in [-0.2, -0.15) is 5.26 Å². The van der Waals surface area contributed by atoms with Crippen molar-refractivity contribution in [1.82, 2.24) is 4.90 Å². The summed E-state index contributed by atoms with van der Waals surface area (Å²) in [6.45, 7) is 0.904. The summed E-state index contributed by atoms with van der Waals surface area (Å²) >= 11 is 1.46. The number of amides is 1. The Kier molecular flexibility index (Phi) is 6.09. The Morgan fingerprint density at radius 2 is 1.89 bits per heavy atom. The summed E-state index contributed by atoms with van der Waals surface area (Å²) in [7, 11) is 0. The number of halogens is 1. The van der Waals surface area contributed by atoms with Crippen molar-refractivity contribution in [2.75, 3.05) is 18.8 Å². The first-order valence-electron chi connectivity index (χ1n) is 8.39. The molecule has 0 aliphatic carbocycles. The van der Waals surface area contributed by atoms with Crippen LogP contribution in [0.25, 0.3) is 0 Å². The zero-order valence-corrected chi connectivity index (χ0v) is 15.2. The number of nitriles is 1. The van der Waals surface area contributed by atoms with Crippen LogP contribution in [0.15, 0.2) is 48.5 Å². The quantitative estimate of drug-likeness (QED) is 0.758. The van der Waals surface area contributed by atoms with Gasteiger partial charge >= 0.3 is 5.97 Å². The Morgan fingerprint density at radius 3 is 2.56 bits per heavy atom. The van der Waals surface area contributed by atoms with E-state index in [0.29, 0.717) is 23.4 Å². The summed E-state index contributed by atoms with van der Waals surface area (Å²) in [5, 5.41) is 8.34. The molecule has 3 rings (SSSR count). The van der Waals surface area contributed by atoms with E-state index in [0.717, 1.165) is 5.56 Å². The zero-order chi connectivity index (χ0) is 19.2. The van der Waals surface area contributed by atoms with Crippen molar-refractivity contribution in [1.29, 1.82) is 5.26 Å². The lowest BCUT2D eigenvalue weighted by molar-refractivity contribution is -0.144. The minimum atomic E-state index is -0.457. The average molecular weight is 384 g/mol. The van der Waals surface area contributed by atoms with Gasteiger partial charge < -0.3 is 9.64 Å². The van der Waals surface area contributed by atoms with E-state index in [1.54, 1.807) is 29.2 Å². The van der Waals surface area contributed by atoms with Crippen LogP contribution >= 0.6 is 11.8 Å². The van der Waals surface area contributed by atoms with Crippen molar-refractivity contribution < 1.29 is 18.7 Å². The van der Waals surface area contributed by atoms with Crippen LogP contribution in [0.5, 0.6) is 0 Å². The maximum Gasteiger partial charge on any atom is 0.321 e. The fourth-order valence-electron chi connectivity index (χ4n) is 2.67. The van der Waals surface area contributed by atoms with E-state index in [4.69, 9.17) is 10.00 Å². The van der Waals surface area contributed by atoms with E-state index < -0.39 is 11.1 Å². The minimum Gasteiger partial charge on any atom is -0.460 e. The van der Waals surface area contributed by atoms with Crippen molar-refractivity contribution in [2.24, 2.45) is 0 Å². The molecule has 1 saturated heterocycles. The number of esters is 1. The lowest BCUT2D eigenvalue weighted by Crippen LogP contribution is -2.45. The molecule has 0 saturated carbocycles. The molecule has 1 unspecified atom stereocenters. The molecule has 138 valence electrons. The fourth-order valence-corrected chi connectivity index (χ4v) is 3.77. The normalized spacial score (nSPS) is 16.4. The lowest BCUT2D eigenvalue weighted by Gasteiger charge is -2.31. The minimum absolute atomic E-state index is 0.119. The molecular formula is C20H17FN2O3S. The second-order valence-corrected chi connectivity index (χ2v) is 7.34. The molecule has 1 aliphatic rings. The Hall–Kier alpha value is -2.85. The Balaban J connectivity index is 1.56. The highest BCUT2D eigenvalue weighted by Crippen LogP contribution is 2.22. The molecule has 5 nitrogen and oxygen atoms in total. The van der Waals surface area contributed by atoms with Gasteiger partial charge in [-0.15, -0.1) is 11.8 Å². The third kappa shape index (κ3) is 4.86. The van der Waals surface area contributed by atoms with Gasteiger partial charge in [0.25, 0.3) is 5.91 Å². The molecule has 1 amide bonds. The highest BCUT2D eigenvalue weighted by Gasteiger charge is 2.30. The van der Waals surface area contributed by atoms with E-state index in [1.165, 1.54) is 36.0 Å². The number of carbonyl (C=O) groups is 2. The van der Waals surface area contributed by atoms with Crippen LogP contribution in [-0.4, -0.2) is 40.9 Å². The van der Waals surface area contributed by atoms with Gasteiger partial charge in [0, 0.05) is 24.4 Å². The van der Waals surface area contributed by atoms with Gasteiger partial charge in [-0.1, -0.05) is 12.1 Å². The van der Waals surface area contributed by atoms with Crippen molar-refractivity contribution in [3.63, 3.8) is 0 Å². The predicted octanol–water partition coefficient (Wildman–Crippen LogP) is 3.00. The number of hydrogen-bond acceptors (Lipinski definition) is 5. The monoisotopic (exact) mass is 384 g/mol. The highest BCUT2D eigenvalue weighted by atomic mass is 32.2. The molecule has 27 heavy (non-hydrogen) atoms. The van der Waals surface area contributed by atoms with Crippen molar-refractivity contribution >= 4 is 23.6 Å². The molecule has 0 N–H and O–H groups in total. The third-order valence-corrected chi connectivity index (χ3v) is 5.33. The number of ether oxygens (including phenoxy) is 1. The van der Waals surface area contributed by atoms with Gasteiger partial charge in [-0.3, -0.25) is 9.59 Å². The largest absolute Gasteiger partial charge is 0.460 e. The Morgan fingerprint density at radius 1 is 1.19 bits per heavy atom. The van der Waals surface area contributed by atoms with Crippen molar-refractivity contribution in [3.8, 4) is 6.07 Å². The summed E-state index contributed by atoms with van der Waals surface area (Å²) in [5.41, 5.74) is 1.73. The zero-order valence-electron chi connectivity index (χ0n) is 14.4. The van der Waals surface area contributed by atoms with Crippen LogP contribution in [0.3, 0.4) is 0 Å². The second kappa shape index (κ2) is 8.69. The van der Waals surface area contributed by atoms with Gasteiger partial charge in [-0.05, 0) is 42.0 Å². The number of benzene rings is 2. The first kappa shape index (κ1) is 18.9. The Labute approximate surface area is 160 Å². The van der Waals surface area contributed by atoms with Gasteiger partial charge in [0.1, 0.15) is 17.7 Å². The van der Waals surface area contributed by atoms with Gasteiger partial charge in [0.05, 0.1) is 11.6 Å².